The number of unbranched alkanes of at least 4 members (excludes halogenated alkanes) is 2. The third kappa shape index (κ3) is 3.59. The van der Waals surface area contributed by atoms with Gasteiger partial charge in [0.25, 0.3) is 0 Å². The Hall–Kier alpha value is -1.49. The Labute approximate surface area is 124 Å². The van der Waals surface area contributed by atoms with Crippen molar-refractivity contribution in [3.63, 3.8) is 0 Å². The number of carbonyl (C=O) groups excluding carboxylic acids is 1. The van der Waals surface area contributed by atoms with E-state index in [9.17, 15) is 13.6 Å². The van der Waals surface area contributed by atoms with E-state index in [1.807, 2.05) is 6.92 Å². The number of amides is 1. The first kappa shape index (κ1) is 15.9. The van der Waals surface area contributed by atoms with Crippen LogP contribution in [0.25, 0.3) is 0 Å². The number of nitrogens with zero attached hydrogens (tertiary/aromatic N) is 1. The van der Waals surface area contributed by atoms with Crippen LogP contribution in [0.1, 0.15) is 51.3 Å². The zero-order valence-corrected chi connectivity index (χ0v) is 12.5. The van der Waals surface area contributed by atoms with Crippen LogP contribution in [0.2, 0.25) is 0 Å². The van der Waals surface area contributed by atoms with Crippen LogP contribution in [0.3, 0.4) is 0 Å². The topological polar surface area (TPSA) is 32.3 Å². The number of hydrogen-bond donors (Lipinski definition) is 1. The highest BCUT2D eigenvalue weighted by molar-refractivity contribution is 5.81. The fourth-order valence-electron chi connectivity index (χ4n) is 2.83. The molecule has 0 spiro atoms. The molecule has 1 heterocycles. The molecule has 21 heavy (non-hydrogen) atoms. The molecule has 0 radical (unpaired) electrons. The lowest BCUT2D eigenvalue weighted by atomic mass is 10.1. The summed E-state index contributed by atoms with van der Waals surface area (Å²) in [5.41, 5.74) is 0.324. The van der Waals surface area contributed by atoms with E-state index in [0.717, 1.165) is 31.7 Å². The lowest BCUT2D eigenvalue weighted by Gasteiger charge is -2.31. The minimum Gasteiger partial charge on any atom is -0.319 e. The Kier molecular flexibility index (Phi) is 5.28. The molecule has 0 aliphatic carbocycles. The number of benzene rings is 1. The van der Waals surface area contributed by atoms with Crippen molar-refractivity contribution >= 4 is 5.91 Å². The van der Waals surface area contributed by atoms with Crippen molar-refractivity contribution in [2.45, 2.75) is 51.7 Å². The normalized spacial score (nSPS) is 20.1. The maximum absolute atomic E-state index is 14.0. The monoisotopic (exact) mass is 296 g/mol. The summed E-state index contributed by atoms with van der Waals surface area (Å²) in [7, 11) is 0. The van der Waals surface area contributed by atoms with E-state index in [1.165, 1.54) is 12.1 Å². The van der Waals surface area contributed by atoms with Gasteiger partial charge in [-0.15, -0.1) is 0 Å². The summed E-state index contributed by atoms with van der Waals surface area (Å²) in [4.78, 5) is 13.8. The molecule has 2 unspecified atom stereocenters. The van der Waals surface area contributed by atoms with Crippen LogP contribution in [0.5, 0.6) is 0 Å². The van der Waals surface area contributed by atoms with E-state index in [2.05, 4.69) is 12.2 Å². The number of halogens is 2. The molecule has 2 atom stereocenters. The highest BCUT2D eigenvalue weighted by Crippen LogP contribution is 2.28. The van der Waals surface area contributed by atoms with Gasteiger partial charge in [-0.3, -0.25) is 10.1 Å². The SMILES string of the molecule is CCCCCC(C)N1C(=O)CNC1c1ccc(F)cc1F. The predicted octanol–water partition coefficient (Wildman–Crippen LogP) is 3.36. The molecule has 2 rings (SSSR count). The van der Waals surface area contributed by atoms with Crippen molar-refractivity contribution in [3.8, 4) is 0 Å². The first-order chi connectivity index (χ1) is 10.0. The summed E-state index contributed by atoms with van der Waals surface area (Å²) in [5.74, 6) is -1.26. The molecule has 1 saturated heterocycles. The number of hydrogen-bond acceptors (Lipinski definition) is 2. The van der Waals surface area contributed by atoms with Gasteiger partial charge in [-0.2, -0.15) is 0 Å². The van der Waals surface area contributed by atoms with Gasteiger partial charge in [-0.25, -0.2) is 8.78 Å². The summed E-state index contributed by atoms with van der Waals surface area (Å²) >= 11 is 0. The van der Waals surface area contributed by atoms with Crippen LogP contribution in [0, 0.1) is 11.6 Å². The molecule has 1 fully saturated rings. The summed E-state index contributed by atoms with van der Waals surface area (Å²) in [6.07, 6.45) is 3.67. The van der Waals surface area contributed by atoms with Gasteiger partial charge in [0.05, 0.1) is 6.54 Å². The van der Waals surface area contributed by atoms with Crippen LogP contribution in [-0.2, 0) is 4.79 Å². The Balaban J connectivity index is 2.16. The minimum atomic E-state index is -0.618. The molecule has 1 aromatic rings. The standard InChI is InChI=1S/C16H22F2N2O/c1-3-4-5-6-11(2)20-15(21)10-19-16(20)13-8-7-12(17)9-14(13)18/h7-9,11,16,19H,3-6,10H2,1-2H3. The van der Waals surface area contributed by atoms with Gasteiger partial charge in [0.2, 0.25) is 5.91 Å². The van der Waals surface area contributed by atoms with Gasteiger partial charge in [0.1, 0.15) is 17.8 Å². The lowest BCUT2D eigenvalue weighted by molar-refractivity contribution is -0.130. The maximum atomic E-state index is 14.0. The molecular formula is C16H22F2N2O. The second-order valence-electron chi connectivity index (χ2n) is 5.60. The second-order valence-corrected chi connectivity index (χ2v) is 5.60. The predicted molar refractivity (Wildman–Crippen MR) is 77.6 cm³/mol. The van der Waals surface area contributed by atoms with Crippen molar-refractivity contribution in [1.29, 1.82) is 0 Å². The molecular weight excluding hydrogens is 274 g/mol. The lowest BCUT2D eigenvalue weighted by Crippen LogP contribution is -2.38. The third-order valence-electron chi connectivity index (χ3n) is 3.97. The summed E-state index contributed by atoms with van der Waals surface area (Å²) in [5, 5.41) is 3.02. The number of carbonyl (C=O) groups is 1. The van der Waals surface area contributed by atoms with E-state index in [4.69, 9.17) is 0 Å². The van der Waals surface area contributed by atoms with Gasteiger partial charge in [0, 0.05) is 17.7 Å². The third-order valence-corrected chi connectivity index (χ3v) is 3.97. The molecule has 0 bridgehead atoms. The fraction of sp³-hybridized carbons (Fsp3) is 0.562. The molecule has 1 aliphatic heterocycles. The quantitative estimate of drug-likeness (QED) is 0.816. The Bertz CT molecular complexity index is 507. The Morgan fingerprint density at radius 3 is 2.81 bits per heavy atom. The minimum absolute atomic E-state index is 0.0345. The van der Waals surface area contributed by atoms with E-state index in [-0.39, 0.29) is 18.5 Å². The average molecular weight is 296 g/mol. The summed E-state index contributed by atoms with van der Waals surface area (Å²) in [6, 6.07) is 3.53. The first-order valence-corrected chi connectivity index (χ1v) is 7.54. The first-order valence-electron chi connectivity index (χ1n) is 7.54. The highest BCUT2D eigenvalue weighted by Gasteiger charge is 2.36. The smallest absolute Gasteiger partial charge is 0.238 e. The largest absolute Gasteiger partial charge is 0.319 e. The molecule has 3 nitrogen and oxygen atoms in total. The van der Waals surface area contributed by atoms with Gasteiger partial charge in [0.15, 0.2) is 0 Å². The van der Waals surface area contributed by atoms with E-state index >= 15 is 0 Å². The zero-order chi connectivity index (χ0) is 15.4. The van der Waals surface area contributed by atoms with Crippen LogP contribution in [0.4, 0.5) is 8.78 Å². The number of rotatable bonds is 6. The summed E-state index contributed by atoms with van der Waals surface area (Å²) in [6.45, 7) is 4.30. The van der Waals surface area contributed by atoms with E-state index < -0.39 is 17.8 Å². The van der Waals surface area contributed by atoms with Crippen molar-refractivity contribution in [2.75, 3.05) is 6.54 Å². The molecule has 5 heteroatoms. The molecule has 1 N–H and O–H groups in total. The average Bonchev–Trinajstić information content (AvgIpc) is 2.80. The molecule has 1 aromatic carbocycles. The van der Waals surface area contributed by atoms with Crippen molar-refractivity contribution < 1.29 is 13.6 Å². The molecule has 0 saturated carbocycles. The van der Waals surface area contributed by atoms with Crippen molar-refractivity contribution in [1.82, 2.24) is 10.2 Å². The highest BCUT2D eigenvalue weighted by atomic mass is 19.1. The van der Waals surface area contributed by atoms with Gasteiger partial charge < -0.3 is 4.90 Å². The van der Waals surface area contributed by atoms with Gasteiger partial charge in [-0.1, -0.05) is 26.2 Å². The van der Waals surface area contributed by atoms with Gasteiger partial charge >= 0.3 is 0 Å². The van der Waals surface area contributed by atoms with Crippen LogP contribution < -0.4 is 5.32 Å². The van der Waals surface area contributed by atoms with Crippen LogP contribution in [-0.4, -0.2) is 23.4 Å². The second kappa shape index (κ2) is 6.98. The zero-order valence-electron chi connectivity index (χ0n) is 12.5. The molecule has 116 valence electrons. The van der Waals surface area contributed by atoms with Crippen molar-refractivity contribution in [3.05, 3.63) is 35.4 Å². The van der Waals surface area contributed by atoms with E-state index in [1.54, 1.807) is 4.90 Å². The number of nitrogens with one attached hydrogen (secondary N) is 1. The molecule has 1 amide bonds. The molecule has 0 aromatic heterocycles. The Morgan fingerprint density at radius 1 is 1.38 bits per heavy atom. The summed E-state index contributed by atoms with van der Waals surface area (Å²) < 4.78 is 27.0. The van der Waals surface area contributed by atoms with Gasteiger partial charge in [-0.05, 0) is 25.5 Å². The molecule has 1 aliphatic rings. The maximum Gasteiger partial charge on any atom is 0.238 e. The fourth-order valence-corrected chi connectivity index (χ4v) is 2.83. The van der Waals surface area contributed by atoms with Crippen LogP contribution in [0.15, 0.2) is 18.2 Å². The van der Waals surface area contributed by atoms with E-state index in [0.29, 0.717) is 5.56 Å². The van der Waals surface area contributed by atoms with Crippen LogP contribution >= 0.6 is 0 Å². The van der Waals surface area contributed by atoms with Crippen molar-refractivity contribution in [2.24, 2.45) is 0 Å². The Morgan fingerprint density at radius 2 is 2.14 bits per heavy atom.